The summed E-state index contributed by atoms with van der Waals surface area (Å²) in [7, 11) is 1.59. The standard InChI is InChI=1S/C19H24N2O3/c1-4-20-12-15-6-5-7-17(23-3)19(15)24-13-18(22)21-16-10-8-14(2)9-11-16/h5-11,20H,4,12-13H2,1-3H3,(H,21,22). The Kier molecular flexibility index (Phi) is 6.63. The third-order valence-electron chi connectivity index (χ3n) is 3.53. The van der Waals surface area contributed by atoms with Crippen LogP contribution in [-0.4, -0.2) is 26.2 Å². The molecule has 0 atom stereocenters. The largest absolute Gasteiger partial charge is 0.493 e. The third-order valence-corrected chi connectivity index (χ3v) is 3.53. The van der Waals surface area contributed by atoms with Gasteiger partial charge in [0.05, 0.1) is 7.11 Å². The SMILES string of the molecule is CCNCc1cccc(OC)c1OCC(=O)Nc1ccc(C)cc1. The number of methoxy groups -OCH3 is 1. The lowest BCUT2D eigenvalue weighted by Crippen LogP contribution is -2.21. The number of nitrogens with one attached hydrogen (secondary N) is 2. The van der Waals surface area contributed by atoms with Crippen LogP contribution in [0.5, 0.6) is 11.5 Å². The fraction of sp³-hybridized carbons (Fsp3) is 0.316. The first kappa shape index (κ1) is 17.8. The van der Waals surface area contributed by atoms with Crippen molar-refractivity contribution >= 4 is 11.6 Å². The topological polar surface area (TPSA) is 59.6 Å². The highest BCUT2D eigenvalue weighted by Gasteiger charge is 2.12. The van der Waals surface area contributed by atoms with Gasteiger partial charge >= 0.3 is 0 Å². The average molecular weight is 328 g/mol. The Morgan fingerprint density at radius 2 is 1.88 bits per heavy atom. The zero-order valence-electron chi connectivity index (χ0n) is 14.4. The van der Waals surface area contributed by atoms with Crippen molar-refractivity contribution in [2.75, 3.05) is 25.6 Å². The number of rotatable bonds is 8. The molecule has 5 nitrogen and oxygen atoms in total. The highest BCUT2D eigenvalue weighted by molar-refractivity contribution is 5.91. The summed E-state index contributed by atoms with van der Waals surface area (Å²) >= 11 is 0. The van der Waals surface area contributed by atoms with Gasteiger partial charge in [0.25, 0.3) is 5.91 Å². The summed E-state index contributed by atoms with van der Waals surface area (Å²) < 4.78 is 11.1. The molecule has 0 saturated carbocycles. The van der Waals surface area contributed by atoms with E-state index in [1.165, 1.54) is 0 Å². The molecule has 0 bridgehead atoms. The van der Waals surface area contributed by atoms with Gasteiger partial charge in [-0.05, 0) is 31.7 Å². The number of ether oxygens (including phenoxy) is 2. The summed E-state index contributed by atoms with van der Waals surface area (Å²) in [5, 5.41) is 6.07. The second-order valence-electron chi connectivity index (χ2n) is 5.43. The van der Waals surface area contributed by atoms with E-state index in [0.717, 1.165) is 23.4 Å². The molecule has 2 aromatic rings. The quantitative estimate of drug-likeness (QED) is 0.781. The number of hydrogen-bond donors (Lipinski definition) is 2. The Morgan fingerprint density at radius 3 is 2.54 bits per heavy atom. The lowest BCUT2D eigenvalue weighted by atomic mass is 10.2. The Bertz CT molecular complexity index is 669. The molecule has 2 N–H and O–H groups in total. The fourth-order valence-corrected chi connectivity index (χ4v) is 2.26. The molecular weight excluding hydrogens is 304 g/mol. The Hall–Kier alpha value is -2.53. The van der Waals surface area contributed by atoms with Gasteiger partial charge in [0.2, 0.25) is 0 Å². The molecule has 5 heteroatoms. The number of para-hydroxylation sites is 1. The lowest BCUT2D eigenvalue weighted by Gasteiger charge is -2.15. The molecule has 0 saturated heterocycles. The molecule has 0 heterocycles. The number of benzene rings is 2. The first-order valence-electron chi connectivity index (χ1n) is 8.00. The number of carbonyl (C=O) groups is 1. The molecule has 0 radical (unpaired) electrons. The van der Waals surface area contributed by atoms with Crippen LogP contribution < -0.4 is 20.1 Å². The molecule has 2 rings (SSSR count). The first-order chi connectivity index (χ1) is 11.6. The first-order valence-corrected chi connectivity index (χ1v) is 8.00. The van der Waals surface area contributed by atoms with Gasteiger partial charge < -0.3 is 20.1 Å². The average Bonchev–Trinajstić information content (AvgIpc) is 2.60. The third kappa shape index (κ3) is 4.99. The van der Waals surface area contributed by atoms with Crippen LogP contribution in [0.1, 0.15) is 18.1 Å². The van der Waals surface area contributed by atoms with Crippen LogP contribution in [0.25, 0.3) is 0 Å². The molecule has 0 unspecified atom stereocenters. The molecule has 0 aliphatic rings. The Morgan fingerprint density at radius 1 is 1.12 bits per heavy atom. The van der Waals surface area contributed by atoms with E-state index in [2.05, 4.69) is 10.6 Å². The van der Waals surface area contributed by atoms with Crippen LogP contribution in [0, 0.1) is 6.92 Å². The van der Waals surface area contributed by atoms with Crippen LogP contribution >= 0.6 is 0 Å². The van der Waals surface area contributed by atoms with Crippen LogP contribution in [0.4, 0.5) is 5.69 Å². The van der Waals surface area contributed by atoms with Gasteiger partial charge in [0, 0.05) is 17.8 Å². The predicted molar refractivity (Wildman–Crippen MR) is 95.7 cm³/mol. The summed E-state index contributed by atoms with van der Waals surface area (Å²) in [5.74, 6) is 1.01. The normalized spacial score (nSPS) is 10.3. The molecule has 0 spiro atoms. The lowest BCUT2D eigenvalue weighted by molar-refractivity contribution is -0.118. The van der Waals surface area contributed by atoms with Gasteiger partial charge in [-0.2, -0.15) is 0 Å². The van der Waals surface area contributed by atoms with Gasteiger partial charge in [-0.15, -0.1) is 0 Å². The van der Waals surface area contributed by atoms with Crippen molar-refractivity contribution < 1.29 is 14.3 Å². The van der Waals surface area contributed by atoms with E-state index in [1.807, 2.05) is 56.3 Å². The molecular formula is C19H24N2O3. The van der Waals surface area contributed by atoms with Crippen LogP contribution in [0.3, 0.4) is 0 Å². The van der Waals surface area contributed by atoms with E-state index in [0.29, 0.717) is 18.0 Å². The second-order valence-corrected chi connectivity index (χ2v) is 5.43. The van der Waals surface area contributed by atoms with E-state index in [1.54, 1.807) is 7.11 Å². The summed E-state index contributed by atoms with van der Waals surface area (Å²) in [4.78, 5) is 12.1. The van der Waals surface area contributed by atoms with Gasteiger partial charge in [-0.1, -0.05) is 36.8 Å². The number of anilines is 1. The molecule has 0 aliphatic carbocycles. The molecule has 128 valence electrons. The molecule has 0 aromatic heterocycles. The zero-order chi connectivity index (χ0) is 17.4. The van der Waals surface area contributed by atoms with E-state index >= 15 is 0 Å². The van der Waals surface area contributed by atoms with Crippen molar-refractivity contribution in [3.63, 3.8) is 0 Å². The van der Waals surface area contributed by atoms with Crippen molar-refractivity contribution in [3.8, 4) is 11.5 Å². The fourth-order valence-electron chi connectivity index (χ4n) is 2.26. The summed E-state index contributed by atoms with van der Waals surface area (Å²) in [5.41, 5.74) is 2.85. The Balaban J connectivity index is 2.01. The molecule has 0 aliphatic heterocycles. The smallest absolute Gasteiger partial charge is 0.262 e. The highest BCUT2D eigenvalue weighted by Crippen LogP contribution is 2.31. The van der Waals surface area contributed by atoms with Crippen molar-refractivity contribution in [1.82, 2.24) is 5.32 Å². The van der Waals surface area contributed by atoms with Crippen LogP contribution in [-0.2, 0) is 11.3 Å². The maximum atomic E-state index is 12.1. The maximum absolute atomic E-state index is 12.1. The van der Waals surface area contributed by atoms with Gasteiger partial charge in [-0.25, -0.2) is 0 Å². The summed E-state index contributed by atoms with van der Waals surface area (Å²) in [6.45, 7) is 5.47. The number of carbonyl (C=O) groups excluding carboxylic acids is 1. The molecule has 0 fully saturated rings. The van der Waals surface area contributed by atoms with E-state index in [-0.39, 0.29) is 12.5 Å². The number of aryl methyl sites for hydroxylation is 1. The Labute approximate surface area is 143 Å². The summed E-state index contributed by atoms with van der Waals surface area (Å²) in [6.07, 6.45) is 0. The minimum absolute atomic E-state index is 0.0760. The summed E-state index contributed by atoms with van der Waals surface area (Å²) in [6, 6.07) is 13.3. The molecule has 2 aromatic carbocycles. The second kappa shape index (κ2) is 8.93. The zero-order valence-corrected chi connectivity index (χ0v) is 14.4. The highest BCUT2D eigenvalue weighted by atomic mass is 16.5. The van der Waals surface area contributed by atoms with E-state index in [4.69, 9.17) is 9.47 Å². The van der Waals surface area contributed by atoms with Gasteiger partial charge in [-0.3, -0.25) is 4.79 Å². The van der Waals surface area contributed by atoms with Crippen LogP contribution in [0.2, 0.25) is 0 Å². The monoisotopic (exact) mass is 328 g/mol. The van der Waals surface area contributed by atoms with Gasteiger partial charge in [0.1, 0.15) is 0 Å². The maximum Gasteiger partial charge on any atom is 0.262 e. The number of hydrogen-bond acceptors (Lipinski definition) is 4. The van der Waals surface area contributed by atoms with E-state index in [9.17, 15) is 4.79 Å². The van der Waals surface area contributed by atoms with Crippen molar-refractivity contribution in [1.29, 1.82) is 0 Å². The van der Waals surface area contributed by atoms with Crippen molar-refractivity contribution in [2.24, 2.45) is 0 Å². The van der Waals surface area contributed by atoms with Crippen molar-refractivity contribution in [3.05, 3.63) is 53.6 Å². The minimum Gasteiger partial charge on any atom is -0.493 e. The minimum atomic E-state index is -0.209. The number of amides is 1. The van der Waals surface area contributed by atoms with Crippen molar-refractivity contribution in [2.45, 2.75) is 20.4 Å². The molecule has 24 heavy (non-hydrogen) atoms. The van der Waals surface area contributed by atoms with Crippen LogP contribution in [0.15, 0.2) is 42.5 Å². The van der Waals surface area contributed by atoms with E-state index < -0.39 is 0 Å². The predicted octanol–water partition coefficient (Wildman–Crippen LogP) is 3.13. The molecule has 1 amide bonds. The van der Waals surface area contributed by atoms with Gasteiger partial charge in [0.15, 0.2) is 18.1 Å².